The number of para-hydroxylation sites is 1. The third-order valence-electron chi connectivity index (χ3n) is 4.34. The number of likely N-dealkylation sites (tertiary alicyclic amines) is 1. The molecule has 0 spiro atoms. The second kappa shape index (κ2) is 5.87. The van der Waals surface area contributed by atoms with Crippen molar-refractivity contribution in [1.82, 2.24) is 10.3 Å². The number of benzene rings is 1. The number of fused-ring (bicyclic) bond motifs is 1. The molecule has 1 aliphatic rings. The number of hydrogen-bond acceptors (Lipinski definition) is 4. The van der Waals surface area contributed by atoms with Crippen LogP contribution in [0.25, 0.3) is 11.0 Å². The maximum atomic E-state index is 12.1. The molecule has 1 atom stereocenters. The van der Waals surface area contributed by atoms with Gasteiger partial charge >= 0.3 is 0 Å². The van der Waals surface area contributed by atoms with Crippen molar-refractivity contribution < 1.29 is 9.21 Å². The first-order valence-corrected chi connectivity index (χ1v) is 7.46. The van der Waals surface area contributed by atoms with Gasteiger partial charge in [-0.05, 0) is 24.9 Å². The minimum Gasteiger partial charge on any atom is -0.459 e. The number of nitrogen functional groups attached to an aromatic ring is 1. The van der Waals surface area contributed by atoms with Crippen LogP contribution in [0.2, 0.25) is 0 Å². The highest BCUT2D eigenvalue weighted by Crippen LogP contribution is 2.29. The summed E-state index contributed by atoms with van der Waals surface area (Å²) < 4.78 is 5.89. The lowest BCUT2D eigenvalue weighted by atomic mass is 10.1. The lowest BCUT2D eigenvalue weighted by Gasteiger charge is -2.14. The smallest absolute Gasteiger partial charge is 0.269 e. The monoisotopic (exact) mass is 287 g/mol. The summed E-state index contributed by atoms with van der Waals surface area (Å²) in [6.45, 7) is 5.01. The molecule has 2 heterocycles. The molecule has 1 aliphatic heterocycles. The highest BCUT2D eigenvalue weighted by atomic mass is 16.3. The minimum absolute atomic E-state index is 0.291. The standard InChI is InChI=1S/C16H21N3O2/c1-2-11-7-8-19(9-11)10-14-15(16(20)18-17)12-5-3-4-6-13(12)21-14/h3-6,11H,2,7-10,17H2,1H3,(H,18,20). The number of hydrazine groups is 1. The first-order valence-electron chi connectivity index (χ1n) is 7.46. The number of nitrogens with one attached hydrogen (secondary N) is 1. The Labute approximate surface area is 124 Å². The van der Waals surface area contributed by atoms with Gasteiger partial charge in [0, 0.05) is 11.9 Å². The molecule has 3 N–H and O–H groups in total. The first kappa shape index (κ1) is 14.1. The van der Waals surface area contributed by atoms with Gasteiger partial charge in [0.2, 0.25) is 0 Å². The molecule has 5 heteroatoms. The van der Waals surface area contributed by atoms with E-state index < -0.39 is 0 Å². The van der Waals surface area contributed by atoms with Gasteiger partial charge < -0.3 is 4.42 Å². The van der Waals surface area contributed by atoms with Crippen molar-refractivity contribution in [3.63, 3.8) is 0 Å². The lowest BCUT2D eigenvalue weighted by Crippen LogP contribution is -2.31. The largest absolute Gasteiger partial charge is 0.459 e. The van der Waals surface area contributed by atoms with E-state index in [0.717, 1.165) is 30.0 Å². The minimum atomic E-state index is -0.291. The van der Waals surface area contributed by atoms with Gasteiger partial charge in [0.25, 0.3) is 5.91 Å². The van der Waals surface area contributed by atoms with Crippen LogP contribution in [-0.4, -0.2) is 23.9 Å². The molecular weight excluding hydrogens is 266 g/mol. The molecular formula is C16H21N3O2. The van der Waals surface area contributed by atoms with Crippen molar-refractivity contribution in [3.05, 3.63) is 35.6 Å². The van der Waals surface area contributed by atoms with Crippen molar-refractivity contribution in [1.29, 1.82) is 0 Å². The summed E-state index contributed by atoms with van der Waals surface area (Å²) in [6, 6.07) is 7.58. The quantitative estimate of drug-likeness (QED) is 0.514. The van der Waals surface area contributed by atoms with Gasteiger partial charge in [-0.15, -0.1) is 0 Å². The van der Waals surface area contributed by atoms with Crippen molar-refractivity contribution in [2.24, 2.45) is 11.8 Å². The van der Waals surface area contributed by atoms with Gasteiger partial charge in [-0.1, -0.05) is 31.5 Å². The summed E-state index contributed by atoms with van der Waals surface area (Å²) in [4.78, 5) is 14.4. The molecule has 0 saturated carbocycles. The van der Waals surface area contributed by atoms with Crippen LogP contribution in [0.5, 0.6) is 0 Å². The van der Waals surface area contributed by atoms with E-state index in [-0.39, 0.29) is 5.91 Å². The summed E-state index contributed by atoms with van der Waals surface area (Å²) in [5, 5.41) is 0.821. The van der Waals surface area contributed by atoms with Crippen LogP contribution in [0.3, 0.4) is 0 Å². The number of rotatable bonds is 4. The van der Waals surface area contributed by atoms with Crippen molar-refractivity contribution in [3.8, 4) is 0 Å². The average molecular weight is 287 g/mol. The van der Waals surface area contributed by atoms with E-state index in [1.807, 2.05) is 24.3 Å². The van der Waals surface area contributed by atoms with Crippen LogP contribution in [0, 0.1) is 5.92 Å². The fourth-order valence-corrected chi connectivity index (χ4v) is 3.12. The number of carbonyl (C=O) groups is 1. The number of amides is 1. The van der Waals surface area contributed by atoms with Gasteiger partial charge in [-0.25, -0.2) is 5.84 Å². The third kappa shape index (κ3) is 2.66. The Hall–Kier alpha value is -1.85. The molecule has 112 valence electrons. The Morgan fingerprint density at radius 2 is 2.29 bits per heavy atom. The highest BCUT2D eigenvalue weighted by molar-refractivity contribution is 6.07. The third-order valence-corrected chi connectivity index (χ3v) is 4.34. The molecule has 0 bridgehead atoms. The first-order chi connectivity index (χ1) is 10.2. The maximum absolute atomic E-state index is 12.1. The Morgan fingerprint density at radius 3 is 3.00 bits per heavy atom. The Morgan fingerprint density at radius 1 is 1.48 bits per heavy atom. The van der Waals surface area contributed by atoms with E-state index in [2.05, 4.69) is 17.2 Å². The summed E-state index contributed by atoms with van der Waals surface area (Å²) in [5.41, 5.74) is 3.52. The Bertz CT molecular complexity index is 650. The Kier molecular flexibility index (Phi) is 3.94. The summed E-state index contributed by atoms with van der Waals surface area (Å²) in [6.07, 6.45) is 2.42. The zero-order chi connectivity index (χ0) is 14.8. The molecule has 2 aromatic rings. The predicted octanol–water partition coefficient (Wildman–Crippen LogP) is 2.27. The molecule has 1 amide bonds. The molecule has 1 aromatic carbocycles. The van der Waals surface area contributed by atoms with Crippen molar-refractivity contribution in [2.75, 3.05) is 13.1 Å². The summed E-state index contributed by atoms with van der Waals surface area (Å²) in [5.74, 6) is 6.49. The lowest BCUT2D eigenvalue weighted by molar-refractivity contribution is 0.0951. The van der Waals surface area contributed by atoms with Gasteiger partial charge in [-0.2, -0.15) is 0 Å². The van der Waals surface area contributed by atoms with E-state index in [1.165, 1.54) is 12.8 Å². The number of hydrogen-bond donors (Lipinski definition) is 2. The summed E-state index contributed by atoms with van der Waals surface area (Å²) >= 11 is 0. The molecule has 5 nitrogen and oxygen atoms in total. The zero-order valence-electron chi connectivity index (χ0n) is 12.3. The van der Waals surface area contributed by atoms with E-state index in [9.17, 15) is 4.79 Å². The van der Waals surface area contributed by atoms with Gasteiger partial charge in [-0.3, -0.25) is 15.1 Å². The SMILES string of the molecule is CCC1CCN(Cc2oc3ccccc3c2C(=O)NN)C1. The Balaban J connectivity index is 1.92. The van der Waals surface area contributed by atoms with E-state index in [1.54, 1.807) is 0 Å². The number of nitrogens with zero attached hydrogens (tertiary/aromatic N) is 1. The van der Waals surface area contributed by atoms with Crippen LogP contribution in [0.4, 0.5) is 0 Å². The van der Waals surface area contributed by atoms with Gasteiger partial charge in [0.1, 0.15) is 11.3 Å². The van der Waals surface area contributed by atoms with Gasteiger partial charge in [0.05, 0.1) is 12.1 Å². The fourth-order valence-electron chi connectivity index (χ4n) is 3.12. The van der Waals surface area contributed by atoms with Crippen molar-refractivity contribution in [2.45, 2.75) is 26.3 Å². The van der Waals surface area contributed by atoms with Crippen LogP contribution in [0.1, 0.15) is 35.9 Å². The second-order valence-electron chi connectivity index (χ2n) is 5.67. The zero-order valence-corrected chi connectivity index (χ0v) is 12.3. The topological polar surface area (TPSA) is 71.5 Å². The molecule has 1 fully saturated rings. The van der Waals surface area contributed by atoms with Crippen LogP contribution in [-0.2, 0) is 6.54 Å². The summed E-state index contributed by atoms with van der Waals surface area (Å²) in [7, 11) is 0. The number of nitrogens with two attached hydrogens (primary N) is 1. The van der Waals surface area contributed by atoms with E-state index >= 15 is 0 Å². The van der Waals surface area contributed by atoms with E-state index in [0.29, 0.717) is 17.9 Å². The molecule has 0 radical (unpaired) electrons. The van der Waals surface area contributed by atoms with Gasteiger partial charge in [0.15, 0.2) is 0 Å². The van der Waals surface area contributed by atoms with Crippen LogP contribution in [0.15, 0.2) is 28.7 Å². The molecule has 1 saturated heterocycles. The van der Waals surface area contributed by atoms with Crippen molar-refractivity contribution >= 4 is 16.9 Å². The molecule has 0 aliphatic carbocycles. The second-order valence-corrected chi connectivity index (χ2v) is 5.67. The molecule has 21 heavy (non-hydrogen) atoms. The fraction of sp³-hybridized carbons (Fsp3) is 0.438. The normalized spacial score (nSPS) is 19.2. The maximum Gasteiger partial charge on any atom is 0.269 e. The van der Waals surface area contributed by atoms with E-state index in [4.69, 9.17) is 10.3 Å². The average Bonchev–Trinajstić information content (AvgIpc) is 3.10. The van der Waals surface area contributed by atoms with Crippen LogP contribution < -0.4 is 11.3 Å². The molecule has 3 rings (SSSR count). The number of furan rings is 1. The highest BCUT2D eigenvalue weighted by Gasteiger charge is 2.26. The predicted molar refractivity (Wildman–Crippen MR) is 81.5 cm³/mol. The number of carbonyl (C=O) groups excluding carboxylic acids is 1. The molecule has 1 unspecified atom stereocenters. The molecule has 1 aromatic heterocycles. The van der Waals surface area contributed by atoms with Crippen LogP contribution >= 0.6 is 0 Å².